The molecule has 76 valence electrons. The van der Waals surface area contributed by atoms with Crippen molar-refractivity contribution in [2.75, 3.05) is 5.73 Å². The van der Waals surface area contributed by atoms with Gasteiger partial charge in [-0.1, -0.05) is 29.3 Å². The first kappa shape index (κ1) is 10.2. The Kier molecular flexibility index (Phi) is 2.75. The molecule has 0 saturated heterocycles. The van der Waals surface area contributed by atoms with Gasteiger partial charge >= 0.3 is 0 Å². The van der Waals surface area contributed by atoms with Gasteiger partial charge in [0.1, 0.15) is 0 Å². The molecule has 0 amide bonds. The molecule has 1 aromatic heterocycles. The Balaban J connectivity index is 2.45. The lowest BCUT2D eigenvalue weighted by molar-refractivity contribution is 1.19. The Morgan fingerprint density at radius 1 is 0.933 bits per heavy atom. The monoisotopic (exact) mass is 239 g/mol. The summed E-state index contributed by atoms with van der Waals surface area (Å²) in [6.45, 7) is 0. The number of nitrogens with two attached hydrogens (primary N) is 1. The van der Waals surface area contributed by atoms with Crippen LogP contribution in [0, 0.1) is 0 Å². The van der Waals surface area contributed by atoms with Crippen LogP contribution >= 0.6 is 23.2 Å². The molecule has 5 heteroatoms. The summed E-state index contributed by atoms with van der Waals surface area (Å²) in [4.78, 5) is 7.80. The normalized spacial score (nSPS) is 10.3. The smallest absolute Gasteiger partial charge is 0.219 e. The summed E-state index contributed by atoms with van der Waals surface area (Å²) in [5.74, 6) is 0.249. The van der Waals surface area contributed by atoms with Gasteiger partial charge in [-0.25, -0.2) is 9.97 Å². The minimum absolute atomic E-state index is 0.249. The number of halogens is 2. The van der Waals surface area contributed by atoms with E-state index in [2.05, 4.69) is 9.97 Å². The van der Waals surface area contributed by atoms with Gasteiger partial charge in [-0.3, -0.25) is 0 Å². The van der Waals surface area contributed by atoms with E-state index in [4.69, 9.17) is 28.9 Å². The number of aromatic nitrogens is 2. The standard InChI is InChI=1S/C10H7Cl2N3/c11-8-2-1-6(3-9(8)12)7-4-14-10(13)15-5-7/h1-5H,(H2,13,14,15). The Labute approximate surface area is 96.9 Å². The summed E-state index contributed by atoms with van der Waals surface area (Å²) < 4.78 is 0. The van der Waals surface area contributed by atoms with Crippen molar-refractivity contribution in [2.45, 2.75) is 0 Å². The van der Waals surface area contributed by atoms with Gasteiger partial charge in [0.2, 0.25) is 5.95 Å². The number of nitrogen functional groups attached to an aromatic ring is 1. The molecular formula is C10H7Cl2N3. The molecule has 0 spiro atoms. The molecule has 0 aliphatic rings. The van der Waals surface area contributed by atoms with Crippen molar-refractivity contribution in [1.82, 2.24) is 9.97 Å². The topological polar surface area (TPSA) is 51.8 Å². The fourth-order valence-corrected chi connectivity index (χ4v) is 1.46. The molecule has 15 heavy (non-hydrogen) atoms. The molecule has 3 nitrogen and oxygen atoms in total. The molecule has 0 saturated carbocycles. The maximum Gasteiger partial charge on any atom is 0.219 e. The van der Waals surface area contributed by atoms with Crippen LogP contribution in [0.4, 0.5) is 5.95 Å². The van der Waals surface area contributed by atoms with E-state index in [1.54, 1.807) is 24.5 Å². The van der Waals surface area contributed by atoms with E-state index in [0.717, 1.165) is 11.1 Å². The van der Waals surface area contributed by atoms with Crippen molar-refractivity contribution in [1.29, 1.82) is 0 Å². The molecule has 0 bridgehead atoms. The van der Waals surface area contributed by atoms with Gasteiger partial charge < -0.3 is 5.73 Å². The molecule has 1 heterocycles. The minimum atomic E-state index is 0.249. The fourth-order valence-electron chi connectivity index (χ4n) is 1.16. The second-order valence-corrected chi connectivity index (χ2v) is 3.77. The highest BCUT2D eigenvalue weighted by Gasteiger charge is 2.02. The van der Waals surface area contributed by atoms with E-state index >= 15 is 0 Å². The number of rotatable bonds is 1. The van der Waals surface area contributed by atoms with Crippen LogP contribution in [0.15, 0.2) is 30.6 Å². The third-order valence-electron chi connectivity index (χ3n) is 1.92. The van der Waals surface area contributed by atoms with E-state index in [-0.39, 0.29) is 5.95 Å². The molecular weight excluding hydrogens is 233 g/mol. The van der Waals surface area contributed by atoms with Crippen molar-refractivity contribution < 1.29 is 0 Å². The van der Waals surface area contributed by atoms with Crippen molar-refractivity contribution in [3.05, 3.63) is 40.6 Å². The molecule has 0 unspecified atom stereocenters. The summed E-state index contributed by atoms with van der Waals surface area (Å²) in [5.41, 5.74) is 7.15. The highest BCUT2D eigenvalue weighted by molar-refractivity contribution is 6.42. The zero-order valence-corrected chi connectivity index (χ0v) is 9.13. The second kappa shape index (κ2) is 4.04. The van der Waals surface area contributed by atoms with Crippen LogP contribution < -0.4 is 5.73 Å². The van der Waals surface area contributed by atoms with E-state index in [1.807, 2.05) is 6.07 Å². The maximum absolute atomic E-state index is 5.90. The van der Waals surface area contributed by atoms with Crippen LogP contribution in [-0.2, 0) is 0 Å². The number of hydrogen-bond acceptors (Lipinski definition) is 3. The summed E-state index contributed by atoms with van der Waals surface area (Å²) in [6.07, 6.45) is 3.28. The molecule has 2 aromatic rings. The number of hydrogen-bond donors (Lipinski definition) is 1. The Morgan fingerprint density at radius 3 is 2.20 bits per heavy atom. The molecule has 0 aliphatic heterocycles. The highest BCUT2D eigenvalue weighted by Crippen LogP contribution is 2.27. The summed E-state index contributed by atoms with van der Waals surface area (Å²) >= 11 is 11.7. The third-order valence-corrected chi connectivity index (χ3v) is 2.66. The highest BCUT2D eigenvalue weighted by atomic mass is 35.5. The van der Waals surface area contributed by atoms with Crippen LogP contribution in [0.3, 0.4) is 0 Å². The molecule has 0 atom stereocenters. The number of anilines is 1. The zero-order chi connectivity index (χ0) is 10.8. The fraction of sp³-hybridized carbons (Fsp3) is 0. The van der Waals surface area contributed by atoms with Crippen LogP contribution in [0.1, 0.15) is 0 Å². The van der Waals surface area contributed by atoms with E-state index in [9.17, 15) is 0 Å². The lowest BCUT2D eigenvalue weighted by Gasteiger charge is -2.02. The minimum Gasteiger partial charge on any atom is -0.368 e. The lowest BCUT2D eigenvalue weighted by atomic mass is 10.1. The first-order valence-electron chi connectivity index (χ1n) is 4.20. The van der Waals surface area contributed by atoms with E-state index in [0.29, 0.717) is 10.0 Å². The lowest BCUT2D eigenvalue weighted by Crippen LogP contribution is -1.93. The summed E-state index contributed by atoms with van der Waals surface area (Å²) in [5, 5.41) is 1.03. The van der Waals surface area contributed by atoms with Crippen molar-refractivity contribution in [3.63, 3.8) is 0 Å². The largest absolute Gasteiger partial charge is 0.368 e. The van der Waals surface area contributed by atoms with Crippen molar-refractivity contribution in [3.8, 4) is 11.1 Å². The average molecular weight is 240 g/mol. The zero-order valence-electron chi connectivity index (χ0n) is 7.61. The third kappa shape index (κ3) is 2.19. The van der Waals surface area contributed by atoms with Crippen LogP contribution in [-0.4, -0.2) is 9.97 Å². The SMILES string of the molecule is Nc1ncc(-c2ccc(Cl)c(Cl)c2)cn1. The van der Waals surface area contributed by atoms with E-state index in [1.165, 1.54) is 0 Å². The molecule has 0 aliphatic carbocycles. The van der Waals surface area contributed by atoms with Gasteiger partial charge in [-0.05, 0) is 17.7 Å². The molecule has 0 fully saturated rings. The molecule has 0 radical (unpaired) electrons. The van der Waals surface area contributed by atoms with Crippen molar-refractivity contribution in [2.24, 2.45) is 0 Å². The first-order valence-corrected chi connectivity index (χ1v) is 4.95. The van der Waals surface area contributed by atoms with Crippen LogP contribution in [0.25, 0.3) is 11.1 Å². The van der Waals surface area contributed by atoms with Crippen LogP contribution in [0.5, 0.6) is 0 Å². The van der Waals surface area contributed by atoms with Crippen LogP contribution in [0.2, 0.25) is 10.0 Å². The summed E-state index contributed by atoms with van der Waals surface area (Å²) in [6, 6.07) is 5.34. The molecule has 1 aromatic carbocycles. The maximum atomic E-state index is 5.90. The molecule has 2 N–H and O–H groups in total. The summed E-state index contributed by atoms with van der Waals surface area (Å²) in [7, 11) is 0. The van der Waals surface area contributed by atoms with Gasteiger partial charge in [0.05, 0.1) is 10.0 Å². The Hall–Kier alpha value is -1.32. The quantitative estimate of drug-likeness (QED) is 0.833. The predicted molar refractivity (Wildman–Crippen MR) is 61.9 cm³/mol. The Bertz CT molecular complexity index is 483. The van der Waals surface area contributed by atoms with E-state index < -0.39 is 0 Å². The Morgan fingerprint density at radius 2 is 1.60 bits per heavy atom. The molecule has 2 rings (SSSR count). The van der Waals surface area contributed by atoms with Gasteiger partial charge in [0.25, 0.3) is 0 Å². The first-order chi connectivity index (χ1) is 7.16. The second-order valence-electron chi connectivity index (χ2n) is 2.96. The number of nitrogens with zero attached hydrogens (tertiary/aromatic N) is 2. The van der Waals surface area contributed by atoms with Gasteiger partial charge in [0.15, 0.2) is 0 Å². The predicted octanol–water partition coefficient (Wildman–Crippen LogP) is 3.03. The number of benzene rings is 1. The van der Waals surface area contributed by atoms with Gasteiger partial charge in [0, 0.05) is 18.0 Å². The average Bonchev–Trinajstić information content (AvgIpc) is 2.23. The van der Waals surface area contributed by atoms with Gasteiger partial charge in [-0.15, -0.1) is 0 Å². The van der Waals surface area contributed by atoms with Crippen molar-refractivity contribution >= 4 is 29.2 Å². The van der Waals surface area contributed by atoms with Gasteiger partial charge in [-0.2, -0.15) is 0 Å².